The van der Waals surface area contributed by atoms with Crippen molar-refractivity contribution in [2.24, 2.45) is 0 Å². The van der Waals surface area contributed by atoms with E-state index < -0.39 is 0 Å². The zero-order chi connectivity index (χ0) is 14.7. The number of rotatable bonds is 2. The molecule has 1 aromatic carbocycles. The highest BCUT2D eigenvalue weighted by Gasteiger charge is 2.26. The lowest BCUT2D eigenvalue weighted by atomic mass is 10.1. The van der Waals surface area contributed by atoms with Crippen LogP contribution in [0.2, 0.25) is 0 Å². The fourth-order valence-electron chi connectivity index (χ4n) is 2.39. The van der Waals surface area contributed by atoms with Crippen molar-refractivity contribution in [2.75, 3.05) is 24.7 Å². The van der Waals surface area contributed by atoms with Crippen LogP contribution in [0.15, 0.2) is 41.1 Å². The number of benzene rings is 1. The minimum absolute atomic E-state index is 0.0788. The van der Waals surface area contributed by atoms with Gasteiger partial charge in [0.1, 0.15) is 11.9 Å². The minimum Gasteiger partial charge on any atom is -0.377 e. The first kappa shape index (κ1) is 14.0. The third-order valence-electron chi connectivity index (χ3n) is 3.41. The van der Waals surface area contributed by atoms with Crippen LogP contribution in [0.3, 0.4) is 0 Å². The lowest BCUT2D eigenvalue weighted by Crippen LogP contribution is -2.40. The number of nitrogens with zero attached hydrogens (tertiary/aromatic N) is 4. The highest BCUT2D eigenvalue weighted by atomic mass is 79.9. The molecule has 6 heteroatoms. The summed E-state index contributed by atoms with van der Waals surface area (Å²) in [5.41, 5.74) is 1.48. The van der Waals surface area contributed by atoms with Gasteiger partial charge in [-0.1, -0.05) is 28.1 Å². The molecule has 0 radical (unpaired) electrons. The molecule has 0 aliphatic carbocycles. The minimum atomic E-state index is 0.0788. The van der Waals surface area contributed by atoms with Gasteiger partial charge >= 0.3 is 0 Å². The Kier molecular flexibility index (Phi) is 4.13. The summed E-state index contributed by atoms with van der Waals surface area (Å²) in [4.78, 5) is 10.6. The van der Waals surface area contributed by atoms with E-state index in [1.165, 1.54) is 6.20 Å². The molecule has 2 heterocycles. The topological polar surface area (TPSA) is 62.0 Å². The number of morpholine rings is 1. The maximum absolute atomic E-state index is 8.97. The largest absolute Gasteiger partial charge is 0.377 e. The molecule has 0 spiro atoms. The summed E-state index contributed by atoms with van der Waals surface area (Å²) >= 11 is 3.45. The van der Waals surface area contributed by atoms with E-state index in [4.69, 9.17) is 10.00 Å². The molecule has 0 amide bonds. The van der Waals surface area contributed by atoms with Crippen LogP contribution in [0, 0.1) is 11.3 Å². The second-order valence-corrected chi connectivity index (χ2v) is 5.63. The molecule has 5 nitrogen and oxygen atoms in total. The summed E-state index contributed by atoms with van der Waals surface area (Å²) in [5, 5.41) is 8.97. The lowest BCUT2D eigenvalue weighted by Gasteiger charge is -2.36. The standard InChI is InChI=1S/C15H13BrN4O/c16-12-3-1-11(2-4-12)14-10-21-6-5-20(14)15-9-18-8-13(7-17)19-15/h1-4,8-9,14H,5-6,10H2. The lowest BCUT2D eigenvalue weighted by molar-refractivity contribution is 0.0937. The fraction of sp³-hybridized carbons (Fsp3) is 0.267. The van der Waals surface area contributed by atoms with E-state index in [0.717, 1.165) is 16.6 Å². The van der Waals surface area contributed by atoms with E-state index >= 15 is 0 Å². The molecule has 3 rings (SSSR count). The van der Waals surface area contributed by atoms with Crippen LogP contribution in [0.1, 0.15) is 17.3 Å². The first-order valence-corrected chi connectivity index (χ1v) is 7.39. The highest BCUT2D eigenvalue weighted by Crippen LogP contribution is 2.29. The van der Waals surface area contributed by atoms with Crippen LogP contribution in [0.5, 0.6) is 0 Å². The van der Waals surface area contributed by atoms with Crippen molar-refractivity contribution >= 4 is 21.7 Å². The Hall–Kier alpha value is -1.97. The van der Waals surface area contributed by atoms with Crippen molar-refractivity contribution in [2.45, 2.75) is 6.04 Å². The molecular weight excluding hydrogens is 332 g/mol. The van der Waals surface area contributed by atoms with E-state index in [9.17, 15) is 0 Å². The summed E-state index contributed by atoms with van der Waals surface area (Å²) in [6.45, 7) is 1.97. The molecule has 21 heavy (non-hydrogen) atoms. The van der Waals surface area contributed by atoms with Gasteiger partial charge in [-0.15, -0.1) is 0 Å². The summed E-state index contributed by atoms with van der Waals surface area (Å²) in [6.07, 6.45) is 3.16. The number of anilines is 1. The highest BCUT2D eigenvalue weighted by molar-refractivity contribution is 9.10. The van der Waals surface area contributed by atoms with Gasteiger partial charge in [-0.3, -0.25) is 4.98 Å². The molecule has 1 aliphatic rings. The molecular formula is C15H13BrN4O. The van der Waals surface area contributed by atoms with Gasteiger partial charge < -0.3 is 9.64 Å². The smallest absolute Gasteiger partial charge is 0.161 e. The normalized spacial score (nSPS) is 18.3. The Labute approximate surface area is 131 Å². The first-order valence-electron chi connectivity index (χ1n) is 6.60. The van der Waals surface area contributed by atoms with Crippen LogP contribution < -0.4 is 4.90 Å². The van der Waals surface area contributed by atoms with Crippen molar-refractivity contribution in [3.63, 3.8) is 0 Å². The zero-order valence-electron chi connectivity index (χ0n) is 11.2. The van der Waals surface area contributed by atoms with Gasteiger partial charge in [-0.25, -0.2) is 4.98 Å². The Morgan fingerprint density at radius 1 is 1.29 bits per heavy atom. The Balaban J connectivity index is 1.94. The molecule has 2 aromatic rings. The Morgan fingerprint density at radius 3 is 2.86 bits per heavy atom. The van der Waals surface area contributed by atoms with Crippen LogP contribution >= 0.6 is 15.9 Å². The Morgan fingerprint density at radius 2 is 2.10 bits per heavy atom. The van der Waals surface area contributed by atoms with E-state index in [0.29, 0.717) is 24.7 Å². The zero-order valence-corrected chi connectivity index (χ0v) is 12.8. The molecule has 1 atom stereocenters. The summed E-state index contributed by atoms with van der Waals surface area (Å²) < 4.78 is 6.65. The average Bonchev–Trinajstić information content (AvgIpc) is 2.56. The molecule has 1 saturated heterocycles. The van der Waals surface area contributed by atoms with Gasteiger partial charge in [-0.05, 0) is 17.7 Å². The van der Waals surface area contributed by atoms with Gasteiger partial charge in [0.15, 0.2) is 5.69 Å². The van der Waals surface area contributed by atoms with Crippen molar-refractivity contribution in [1.29, 1.82) is 5.26 Å². The third-order valence-corrected chi connectivity index (χ3v) is 3.94. The van der Waals surface area contributed by atoms with Crippen LogP contribution in [-0.4, -0.2) is 29.7 Å². The van der Waals surface area contributed by atoms with Crippen molar-refractivity contribution in [1.82, 2.24) is 9.97 Å². The summed E-state index contributed by atoms with van der Waals surface area (Å²) in [5.74, 6) is 0.713. The summed E-state index contributed by atoms with van der Waals surface area (Å²) in [7, 11) is 0. The van der Waals surface area contributed by atoms with Gasteiger partial charge in [0.25, 0.3) is 0 Å². The predicted octanol–water partition coefficient (Wildman–Crippen LogP) is 2.69. The molecule has 1 aromatic heterocycles. The Bertz CT molecular complexity index is 668. The number of halogens is 1. The van der Waals surface area contributed by atoms with Gasteiger partial charge in [0.05, 0.1) is 31.6 Å². The van der Waals surface area contributed by atoms with E-state index in [1.807, 2.05) is 18.2 Å². The monoisotopic (exact) mass is 344 g/mol. The van der Waals surface area contributed by atoms with Crippen LogP contribution in [-0.2, 0) is 4.74 Å². The maximum atomic E-state index is 8.97. The SMILES string of the molecule is N#Cc1cncc(N2CCOCC2c2ccc(Br)cc2)n1. The quantitative estimate of drug-likeness (QED) is 0.838. The average molecular weight is 345 g/mol. The number of aromatic nitrogens is 2. The molecule has 0 saturated carbocycles. The molecule has 1 fully saturated rings. The first-order chi connectivity index (χ1) is 10.3. The number of hydrogen-bond donors (Lipinski definition) is 0. The summed E-state index contributed by atoms with van der Waals surface area (Å²) in [6, 6.07) is 10.3. The molecule has 1 aliphatic heterocycles. The molecule has 0 bridgehead atoms. The number of ether oxygens (including phenoxy) is 1. The molecule has 106 valence electrons. The number of hydrogen-bond acceptors (Lipinski definition) is 5. The maximum Gasteiger partial charge on any atom is 0.161 e. The second kappa shape index (κ2) is 6.20. The van der Waals surface area contributed by atoms with E-state index in [1.54, 1.807) is 6.20 Å². The van der Waals surface area contributed by atoms with Crippen LogP contribution in [0.4, 0.5) is 5.82 Å². The van der Waals surface area contributed by atoms with Crippen molar-refractivity contribution in [3.05, 3.63) is 52.4 Å². The fourth-order valence-corrected chi connectivity index (χ4v) is 2.65. The second-order valence-electron chi connectivity index (χ2n) is 4.71. The van der Waals surface area contributed by atoms with E-state index in [-0.39, 0.29) is 6.04 Å². The third kappa shape index (κ3) is 3.04. The molecule has 0 N–H and O–H groups in total. The van der Waals surface area contributed by atoms with Crippen molar-refractivity contribution in [3.8, 4) is 6.07 Å². The van der Waals surface area contributed by atoms with Crippen molar-refractivity contribution < 1.29 is 4.74 Å². The number of nitriles is 1. The molecule has 1 unspecified atom stereocenters. The predicted molar refractivity (Wildman–Crippen MR) is 81.8 cm³/mol. The van der Waals surface area contributed by atoms with Gasteiger partial charge in [0, 0.05) is 11.0 Å². The van der Waals surface area contributed by atoms with Gasteiger partial charge in [0.2, 0.25) is 0 Å². The van der Waals surface area contributed by atoms with E-state index in [2.05, 4.69) is 42.9 Å². The van der Waals surface area contributed by atoms with Crippen LogP contribution in [0.25, 0.3) is 0 Å². The van der Waals surface area contributed by atoms with Gasteiger partial charge in [-0.2, -0.15) is 5.26 Å².